The summed E-state index contributed by atoms with van der Waals surface area (Å²) < 4.78 is 11.4. The topological polar surface area (TPSA) is 71.3 Å². The molecule has 6 heteroatoms. The number of amides is 1. The fraction of sp³-hybridized carbons (Fsp3) is 0.0667. The zero-order valence-electron chi connectivity index (χ0n) is 19.2. The first-order valence-electron chi connectivity index (χ1n) is 11.1. The molecule has 0 bridgehead atoms. The van der Waals surface area contributed by atoms with Crippen LogP contribution in [0.15, 0.2) is 90.5 Å². The molecule has 0 spiro atoms. The van der Waals surface area contributed by atoms with E-state index in [1.807, 2.05) is 60.7 Å². The van der Waals surface area contributed by atoms with E-state index in [4.69, 9.17) is 27.5 Å². The minimum Gasteiger partial charge on any atom is -0.489 e. The molecule has 176 valence electrons. The largest absolute Gasteiger partial charge is 0.489 e. The van der Waals surface area contributed by atoms with Gasteiger partial charge in [-0.05, 0) is 53.2 Å². The second kappa shape index (κ2) is 11.6. The maximum atomic E-state index is 12.9. The molecule has 0 aliphatic heterocycles. The predicted octanol–water partition coefficient (Wildman–Crippen LogP) is 6.63. The number of hydrogen-bond donors (Lipinski definition) is 1. The number of carbonyl (C=O) groups is 1. The van der Waals surface area contributed by atoms with E-state index in [1.165, 1.54) is 6.08 Å². The van der Waals surface area contributed by atoms with Crippen LogP contribution in [-0.2, 0) is 11.4 Å². The van der Waals surface area contributed by atoms with Crippen molar-refractivity contribution < 1.29 is 14.3 Å². The van der Waals surface area contributed by atoms with Crippen molar-refractivity contribution in [2.24, 2.45) is 0 Å². The molecule has 1 N–H and O–H groups in total. The Morgan fingerprint density at radius 3 is 2.47 bits per heavy atom. The van der Waals surface area contributed by atoms with Gasteiger partial charge in [-0.15, -0.1) is 6.42 Å². The molecule has 4 rings (SSSR count). The van der Waals surface area contributed by atoms with Gasteiger partial charge in [-0.2, -0.15) is 5.26 Å². The Morgan fingerprint density at radius 2 is 1.72 bits per heavy atom. The summed E-state index contributed by atoms with van der Waals surface area (Å²) in [6.45, 7) is 0.389. The van der Waals surface area contributed by atoms with Gasteiger partial charge in [0.1, 0.15) is 36.4 Å². The van der Waals surface area contributed by atoms with E-state index in [0.717, 1.165) is 16.3 Å². The summed E-state index contributed by atoms with van der Waals surface area (Å²) in [5, 5.41) is 14.9. The Kier molecular flexibility index (Phi) is 7.88. The van der Waals surface area contributed by atoms with Crippen LogP contribution >= 0.6 is 11.6 Å². The molecule has 0 saturated carbocycles. The number of rotatable bonds is 8. The van der Waals surface area contributed by atoms with Gasteiger partial charge in [0.25, 0.3) is 5.91 Å². The number of hydrogen-bond acceptors (Lipinski definition) is 4. The Morgan fingerprint density at radius 1 is 0.972 bits per heavy atom. The van der Waals surface area contributed by atoms with Gasteiger partial charge in [0, 0.05) is 21.8 Å². The van der Waals surface area contributed by atoms with Crippen LogP contribution in [0.3, 0.4) is 0 Å². The van der Waals surface area contributed by atoms with E-state index in [-0.39, 0.29) is 12.2 Å². The maximum absolute atomic E-state index is 12.9. The summed E-state index contributed by atoms with van der Waals surface area (Å²) in [5.41, 5.74) is 1.93. The number of fused-ring (bicyclic) bond motifs is 1. The lowest BCUT2D eigenvalue weighted by Gasteiger charge is -2.11. The Balaban J connectivity index is 1.52. The van der Waals surface area contributed by atoms with Gasteiger partial charge < -0.3 is 14.8 Å². The molecule has 0 unspecified atom stereocenters. The maximum Gasteiger partial charge on any atom is 0.266 e. The molecular formula is C30H21ClN2O3. The van der Waals surface area contributed by atoms with Crippen molar-refractivity contribution >= 4 is 40.0 Å². The van der Waals surface area contributed by atoms with E-state index in [0.29, 0.717) is 34.4 Å². The van der Waals surface area contributed by atoms with Crippen LogP contribution in [0, 0.1) is 23.7 Å². The van der Waals surface area contributed by atoms with Crippen LogP contribution in [-0.4, -0.2) is 12.5 Å². The van der Waals surface area contributed by atoms with Crippen molar-refractivity contribution in [1.29, 1.82) is 5.26 Å². The molecule has 0 aromatic heterocycles. The molecule has 0 aliphatic rings. The smallest absolute Gasteiger partial charge is 0.266 e. The highest BCUT2D eigenvalue weighted by molar-refractivity contribution is 6.31. The summed E-state index contributed by atoms with van der Waals surface area (Å²) in [4.78, 5) is 12.9. The lowest BCUT2D eigenvalue weighted by Crippen LogP contribution is -2.13. The lowest BCUT2D eigenvalue weighted by molar-refractivity contribution is -0.112. The van der Waals surface area contributed by atoms with E-state index >= 15 is 0 Å². The second-order valence-corrected chi connectivity index (χ2v) is 8.13. The fourth-order valence-corrected chi connectivity index (χ4v) is 3.76. The van der Waals surface area contributed by atoms with Crippen LogP contribution in [0.2, 0.25) is 5.02 Å². The third-order valence-corrected chi connectivity index (χ3v) is 5.73. The highest BCUT2D eigenvalue weighted by Gasteiger charge is 2.14. The van der Waals surface area contributed by atoms with Crippen LogP contribution in [0.4, 0.5) is 5.69 Å². The molecular weight excluding hydrogens is 472 g/mol. The zero-order valence-corrected chi connectivity index (χ0v) is 20.0. The fourth-order valence-electron chi connectivity index (χ4n) is 3.57. The monoisotopic (exact) mass is 492 g/mol. The average molecular weight is 493 g/mol. The Bertz CT molecular complexity index is 1510. The first kappa shape index (κ1) is 24.4. The highest BCUT2D eigenvalue weighted by atomic mass is 35.5. The standard InChI is InChI=1S/C30H21ClN2O3/c1-2-17-35-29-16-11-21-7-3-5-9-26(21)27(29)18-23(19-32)30(34)33-24-12-14-25(15-13-24)36-20-22-8-4-6-10-28(22)31/h1,3-16,18H,17,20H2,(H,33,34)/b23-18+. The quantitative estimate of drug-likeness (QED) is 0.170. The van der Waals surface area contributed by atoms with Crippen molar-refractivity contribution in [3.63, 3.8) is 0 Å². The number of halogens is 1. The van der Waals surface area contributed by atoms with Crippen LogP contribution in [0.25, 0.3) is 16.8 Å². The number of nitriles is 1. The second-order valence-electron chi connectivity index (χ2n) is 7.72. The van der Waals surface area contributed by atoms with E-state index in [1.54, 1.807) is 30.3 Å². The van der Waals surface area contributed by atoms with Crippen LogP contribution < -0.4 is 14.8 Å². The summed E-state index contributed by atoms with van der Waals surface area (Å²) in [6, 6.07) is 27.6. The van der Waals surface area contributed by atoms with Crippen molar-refractivity contribution in [3.05, 3.63) is 107 Å². The Labute approximate surface area is 214 Å². The molecule has 0 radical (unpaired) electrons. The lowest BCUT2D eigenvalue weighted by atomic mass is 10.0. The number of benzene rings is 4. The average Bonchev–Trinajstić information content (AvgIpc) is 2.91. The van der Waals surface area contributed by atoms with Gasteiger partial charge in [0.15, 0.2) is 0 Å². The normalized spacial score (nSPS) is 10.8. The zero-order chi connectivity index (χ0) is 25.3. The van der Waals surface area contributed by atoms with E-state index in [2.05, 4.69) is 11.2 Å². The summed E-state index contributed by atoms with van der Waals surface area (Å²) >= 11 is 6.17. The first-order chi connectivity index (χ1) is 17.6. The van der Waals surface area contributed by atoms with Gasteiger partial charge in [-0.3, -0.25) is 4.79 Å². The minimum absolute atomic E-state index is 0.0676. The van der Waals surface area contributed by atoms with Gasteiger partial charge >= 0.3 is 0 Å². The Hall–Kier alpha value is -4.71. The minimum atomic E-state index is -0.543. The molecule has 0 atom stereocenters. The molecule has 5 nitrogen and oxygen atoms in total. The summed E-state index contributed by atoms with van der Waals surface area (Å²) in [5.74, 6) is 3.01. The molecule has 1 amide bonds. The van der Waals surface area contributed by atoms with Gasteiger partial charge in [-0.1, -0.05) is 66.1 Å². The molecule has 0 heterocycles. The summed E-state index contributed by atoms with van der Waals surface area (Å²) in [7, 11) is 0. The predicted molar refractivity (Wildman–Crippen MR) is 143 cm³/mol. The van der Waals surface area contributed by atoms with Crippen molar-refractivity contribution in [2.45, 2.75) is 6.61 Å². The molecule has 0 aliphatic carbocycles. The number of ether oxygens (including phenoxy) is 2. The van der Waals surface area contributed by atoms with Crippen LogP contribution in [0.5, 0.6) is 11.5 Å². The highest BCUT2D eigenvalue weighted by Crippen LogP contribution is 2.30. The van der Waals surface area contributed by atoms with E-state index in [9.17, 15) is 10.1 Å². The molecule has 4 aromatic rings. The number of nitrogens with one attached hydrogen (secondary N) is 1. The first-order valence-corrected chi connectivity index (χ1v) is 11.4. The summed E-state index contributed by atoms with van der Waals surface area (Å²) in [6.07, 6.45) is 6.86. The molecule has 4 aromatic carbocycles. The number of anilines is 1. The number of carbonyl (C=O) groups excluding carboxylic acids is 1. The van der Waals surface area contributed by atoms with Crippen molar-refractivity contribution in [1.82, 2.24) is 0 Å². The number of nitrogens with zero attached hydrogens (tertiary/aromatic N) is 1. The molecule has 0 fully saturated rings. The van der Waals surface area contributed by atoms with Gasteiger partial charge in [0.2, 0.25) is 0 Å². The van der Waals surface area contributed by atoms with Crippen LogP contribution in [0.1, 0.15) is 11.1 Å². The van der Waals surface area contributed by atoms with Gasteiger partial charge in [0.05, 0.1) is 0 Å². The molecule has 36 heavy (non-hydrogen) atoms. The van der Waals surface area contributed by atoms with Gasteiger partial charge in [-0.25, -0.2) is 0 Å². The molecule has 0 saturated heterocycles. The van der Waals surface area contributed by atoms with Crippen molar-refractivity contribution in [2.75, 3.05) is 11.9 Å². The van der Waals surface area contributed by atoms with E-state index < -0.39 is 5.91 Å². The SMILES string of the molecule is C#CCOc1ccc2ccccc2c1/C=C(\C#N)C(=O)Nc1ccc(OCc2ccccc2Cl)cc1. The third kappa shape index (κ3) is 5.85. The number of terminal acetylenes is 1. The third-order valence-electron chi connectivity index (χ3n) is 5.36. The van der Waals surface area contributed by atoms with Crippen molar-refractivity contribution in [3.8, 4) is 29.9 Å².